The summed E-state index contributed by atoms with van der Waals surface area (Å²) in [5.74, 6) is 1.54. The van der Waals surface area contributed by atoms with Gasteiger partial charge in [0, 0.05) is 55.4 Å². The molecule has 7 heteroatoms. The number of aromatic nitrogens is 2. The van der Waals surface area contributed by atoms with E-state index in [9.17, 15) is 0 Å². The first-order valence-corrected chi connectivity index (χ1v) is 9.11. The molecule has 2 unspecified atom stereocenters. The van der Waals surface area contributed by atoms with Crippen LogP contribution in [0.25, 0.3) is 0 Å². The highest BCUT2D eigenvalue weighted by Gasteiger charge is 2.39. The molecule has 0 saturated heterocycles. The summed E-state index contributed by atoms with van der Waals surface area (Å²) in [5.41, 5.74) is 2.58. The molecule has 0 amide bonds. The number of halogens is 2. The number of guanidine groups is 1. The molecule has 5 nitrogen and oxygen atoms in total. The summed E-state index contributed by atoms with van der Waals surface area (Å²) in [5, 5.41) is 7.85. The molecule has 1 saturated carbocycles. The van der Waals surface area contributed by atoms with Crippen molar-refractivity contribution in [3.63, 3.8) is 0 Å². The van der Waals surface area contributed by atoms with Crippen LogP contribution in [-0.2, 0) is 13.6 Å². The van der Waals surface area contributed by atoms with Gasteiger partial charge in [-0.3, -0.25) is 9.67 Å². The lowest BCUT2D eigenvalue weighted by molar-refractivity contribution is 0.474. The van der Waals surface area contributed by atoms with Crippen LogP contribution in [0.2, 0.25) is 0 Å². The zero-order valence-corrected chi connectivity index (χ0v) is 18.7. The molecular formula is C18H25BrIN5. The van der Waals surface area contributed by atoms with E-state index in [2.05, 4.69) is 74.5 Å². The minimum Gasteiger partial charge on any atom is -0.353 e. The SMILES string of the molecule is CCN=C(NC1CC1c1ccc(Br)cc1)N(C)Cc1cnn(C)c1.I. The molecule has 1 aromatic heterocycles. The van der Waals surface area contributed by atoms with E-state index in [0.29, 0.717) is 12.0 Å². The van der Waals surface area contributed by atoms with Crippen LogP contribution in [0.1, 0.15) is 30.4 Å². The average Bonchev–Trinajstić information content (AvgIpc) is 3.20. The lowest BCUT2D eigenvalue weighted by Crippen LogP contribution is -2.40. The molecular weight excluding hydrogens is 493 g/mol. The van der Waals surface area contributed by atoms with Crippen molar-refractivity contribution in [1.29, 1.82) is 0 Å². The van der Waals surface area contributed by atoms with Gasteiger partial charge in [-0.25, -0.2) is 0 Å². The Bertz CT molecular complexity index is 713. The molecule has 3 rings (SSSR count). The second-order valence-electron chi connectivity index (χ2n) is 6.32. The molecule has 1 N–H and O–H groups in total. The van der Waals surface area contributed by atoms with Gasteiger partial charge in [-0.2, -0.15) is 5.10 Å². The van der Waals surface area contributed by atoms with E-state index in [4.69, 9.17) is 0 Å². The van der Waals surface area contributed by atoms with Crippen LogP contribution in [0.15, 0.2) is 46.1 Å². The molecule has 1 heterocycles. The highest BCUT2D eigenvalue weighted by Crippen LogP contribution is 2.41. The van der Waals surface area contributed by atoms with Gasteiger partial charge in [0.1, 0.15) is 0 Å². The minimum atomic E-state index is 0. The van der Waals surface area contributed by atoms with Crippen molar-refractivity contribution in [2.45, 2.75) is 31.8 Å². The fourth-order valence-corrected chi connectivity index (χ4v) is 3.19. The third kappa shape index (κ3) is 5.44. The molecule has 1 aromatic carbocycles. The summed E-state index contributed by atoms with van der Waals surface area (Å²) in [6, 6.07) is 9.09. The normalized spacial score (nSPS) is 19.3. The van der Waals surface area contributed by atoms with Gasteiger partial charge in [0.05, 0.1) is 6.20 Å². The van der Waals surface area contributed by atoms with E-state index < -0.39 is 0 Å². The van der Waals surface area contributed by atoms with Crippen molar-refractivity contribution in [2.24, 2.45) is 12.0 Å². The zero-order chi connectivity index (χ0) is 17.1. The van der Waals surface area contributed by atoms with Crippen molar-refractivity contribution >= 4 is 45.9 Å². The summed E-state index contributed by atoms with van der Waals surface area (Å²) in [7, 11) is 4.02. The molecule has 1 fully saturated rings. The van der Waals surface area contributed by atoms with Gasteiger partial charge < -0.3 is 10.2 Å². The van der Waals surface area contributed by atoms with Gasteiger partial charge in [-0.05, 0) is 31.0 Å². The van der Waals surface area contributed by atoms with Gasteiger partial charge in [0.25, 0.3) is 0 Å². The van der Waals surface area contributed by atoms with Crippen LogP contribution in [0, 0.1) is 0 Å². The summed E-state index contributed by atoms with van der Waals surface area (Å²) in [6.07, 6.45) is 5.11. The van der Waals surface area contributed by atoms with E-state index >= 15 is 0 Å². The molecule has 0 spiro atoms. The van der Waals surface area contributed by atoms with Crippen molar-refractivity contribution in [3.8, 4) is 0 Å². The van der Waals surface area contributed by atoms with E-state index in [0.717, 1.165) is 29.9 Å². The van der Waals surface area contributed by atoms with E-state index in [1.54, 1.807) is 0 Å². The largest absolute Gasteiger partial charge is 0.353 e. The first kappa shape index (κ1) is 20.2. The number of aryl methyl sites for hydroxylation is 1. The van der Waals surface area contributed by atoms with Crippen LogP contribution in [-0.4, -0.2) is 40.3 Å². The first-order chi connectivity index (χ1) is 11.6. The van der Waals surface area contributed by atoms with Crippen molar-refractivity contribution < 1.29 is 0 Å². The summed E-state index contributed by atoms with van der Waals surface area (Å²) in [6.45, 7) is 3.64. The molecule has 1 aliphatic rings. The first-order valence-electron chi connectivity index (χ1n) is 8.32. The molecule has 0 radical (unpaired) electrons. The quantitative estimate of drug-likeness (QED) is 0.373. The Labute approximate surface area is 175 Å². The molecule has 1 aliphatic carbocycles. The number of aliphatic imine (C=N–C) groups is 1. The predicted molar refractivity (Wildman–Crippen MR) is 116 cm³/mol. The predicted octanol–water partition coefficient (Wildman–Crippen LogP) is 3.75. The third-order valence-electron chi connectivity index (χ3n) is 4.25. The van der Waals surface area contributed by atoms with Gasteiger partial charge in [0.2, 0.25) is 0 Å². The van der Waals surface area contributed by atoms with E-state index in [1.807, 2.05) is 24.1 Å². The summed E-state index contributed by atoms with van der Waals surface area (Å²) in [4.78, 5) is 6.81. The van der Waals surface area contributed by atoms with E-state index in [-0.39, 0.29) is 24.0 Å². The van der Waals surface area contributed by atoms with Gasteiger partial charge >= 0.3 is 0 Å². The van der Waals surface area contributed by atoms with Gasteiger partial charge in [-0.15, -0.1) is 24.0 Å². The van der Waals surface area contributed by atoms with Crippen LogP contribution in [0.3, 0.4) is 0 Å². The standard InChI is InChI=1S/C18H24BrN5.HI/c1-4-20-18(23(2)11-13-10-21-24(3)12-13)22-17-9-16(17)14-5-7-15(19)8-6-14;/h5-8,10,12,16-17H,4,9,11H2,1-3H3,(H,20,22);1H. The Morgan fingerprint density at radius 3 is 2.72 bits per heavy atom. The Morgan fingerprint density at radius 2 is 2.12 bits per heavy atom. The fourth-order valence-electron chi connectivity index (χ4n) is 2.93. The molecule has 2 aromatic rings. The molecule has 0 aliphatic heterocycles. The molecule has 0 bridgehead atoms. The Balaban J connectivity index is 0.00000225. The highest BCUT2D eigenvalue weighted by molar-refractivity contribution is 14.0. The number of nitrogens with one attached hydrogen (secondary N) is 1. The lowest BCUT2D eigenvalue weighted by atomic mass is 10.1. The number of benzene rings is 1. The molecule has 2 atom stereocenters. The molecule has 136 valence electrons. The third-order valence-corrected chi connectivity index (χ3v) is 4.78. The topological polar surface area (TPSA) is 45.5 Å². The maximum absolute atomic E-state index is 4.65. The molecule has 25 heavy (non-hydrogen) atoms. The van der Waals surface area contributed by atoms with Crippen LogP contribution in [0.5, 0.6) is 0 Å². The van der Waals surface area contributed by atoms with Crippen molar-refractivity contribution in [3.05, 3.63) is 52.3 Å². The smallest absolute Gasteiger partial charge is 0.194 e. The fraction of sp³-hybridized carbons (Fsp3) is 0.444. The summed E-state index contributed by atoms with van der Waals surface area (Å²) < 4.78 is 2.96. The number of rotatable bonds is 5. The van der Waals surface area contributed by atoms with Crippen molar-refractivity contribution in [2.75, 3.05) is 13.6 Å². The second-order valence-corrected chi connectivity index (χ2v) is 7.24. The maximum Gasteiger partial charge on any atom is 0.194 e. The Morgan fingerprint density at radius 1 is 1.40 bits per heavy atom. The maximum atomic E-state index is 4.65. The van der Waals surface area contributed by atoms with Crippen molar-refractivity contribution in [1.82, 2.24) is 20.0 Å². The minimum absolute atomic E-state index is 0. The Kier molecular flexibility index (Phi) is 7.30. The number of hydrogen-bond donors (Lipinski definition) is 1. The van der Waals surface area contributed by atoms with Crippen LogP contribution >= 0.6 is 39.9 Å². The number of nitrogens with zero attached hydrogens (tertiary/aromatic N) is 4. The van der Waals surface area contributed by atoms with E-state index in [1.165, 1.54) is 11.1 Å². The second kappa shape index (κ2) is 9.02. The van der Waals surface area contributed by atoms with Crippen LogP contribution in [0.4, 0.5) is 0 Å². The zero-order valence-electron chi connectivity index (χ0n) is 14.8. The number of hydrogen-bond acceptors (Lipinski definition) is 2. The van der Waals surface area contributed by atoms with Crippen LogP contribution < -0.4 is 5.32 Å². The monoisotopic (exact) mass is 517 g/mol. The van der Waals surface area contributed by atoms with Gasteiger partial charge in [-0.1, -0.05) is 28.1 Å². The Hall–Kier alpha value is -1.09. The van der Waals surface area contributed by atoms with Gasteiger partial charge in [0.15, 0.2) is 5.96 Å². The summed E-state index contributed by atoms with van der Waals surface area (Å²) >= 11 is 3.49. The highest BCUT2D eigenvalue weighted by atomic mass is 127. The lowest BCUT2D eigenvalue weighted by Gasteiger charge is -2.22. The average molecular weight is 518 g/mol.